The van der Waals surface area contributed by atoms with E-state index in [9.17, 15) is 14.3 Å². The molecule has 0 saturated heterocycles. The van der Waals surface area contributed by atoms with Crippen molar-refractivity contribution in [3.05, 3.63) is 125 Å². The highest BCUT2D eigenvalue weighted by molar-refractivity contribution is 5.92. The van der Waals surface area contributed by atoms with Crippen LogP contribution in [-0.2, 0) is 25.1 Å². The first-order valence-electron chi connectivity index (χ1n) is 14.5. The van der Waals surface area contributed by atoms with Gasteiger partial charge in [0.05, 0.1) is 34.0 Å². The van der Waals surface area contributed by atoms with Gasteiger partial charge in [-0.15, -0.1) is 5.10 Å². The molecule has 0 atom stereocenters. The fourth-order valence-corrected chi connectivity index (χ4v) is 5.57. The summed E-state index contributed by atoms with van der Waals surface area (Å²) < 4.78 is 39.5. The fraction of sp³-hybridized carbons (Fsp3) is 0.206. The Hall–Kier alpha value is -5.45. The average Bonchev–Trinajstić information content (AvgIpc) is 3.44. The smallest absolute Gasteiger partial charge is 0.335 e. The number of nitrogens with zero attached hydrogens (tertiary/aromatic N) is 6. The summed E-state index contributed by atoms with van der Waals surface area (Å²) in [5.41, 5.74) is 3.90. The Balaban J connectivity index is 1.16. The molecular formula is C34H28F2N6O3. The third-order valence-corrected chi connectivity index (χ3v) is 8.27. The summed E-state index contributed by atoms with van der Waals surface area (Å²) in [6, 6.07) is 19.9. The predicted molar refractivity (Wildman–Crippen MR) is 162 cm³/mol. The maximum atomic E-state index is 15.7. The topological polar surface area (TPSA) is 108 Å². The van der Waals surface area contributed by atoms with Crippen molar-refractivity contribution in [2.75, 3.05) is 0 Å². The first-order chi connectivity index (χ1) is 21.8. The molecule has 0 amide bonds. The van der Waals surface area contributed by atoms with Crippen LogP contribution in [0.1, 0.15) is 45.7 Å². The Morgan fingerprint density at radius 3 is 2.53 bits per heavy atom. The molecule has 7 rings (SSSR count). The van der Waals surface area contributed by atoms with Gasteiger partial charge in [-0.1, -0.05) is 35.5 Å². The van der Waals surface area contributed by atoms with E-state index in [0.29, 0.717) is 51.7 Å². The van der Waals surface area contributed by atoms with Gasteiger partial charge in [-0.05, 0) is 67.3 Å². The number of aromatic nitrogens is 6. The van der Waals surface area contributed by atoms with Gasteiger partial charge in [0, 0.05) is 36.4 Å². The van der Waals surface area contributed by atoms with Gasteiger partial charge in [0.15, 0.2) is 0 Å². The molecule has 1 N–H and O–H groups in total. The number of carboxylic acids is 1. The van der Waals surface area contributed by atoms with E-state index in [1.165, 1.54) is 18.2 Å². The van der Waals surface area contributed by atoms with Crippen LogP contribution in [-0.4, -0.2) is 40.6 Å². The first kappa shape index (κ1) is 28.3. The molecule has 1 aliphatic carbocycles. The Morgan fingerprint density at radius 2 is 1.80 bits per heavy atom. The molecule has 1 fully saturated rings. The minimum Gasteiger partial charge on any atom is -0.478 e. The molecular weight excluding hydrogens is 578 g/mol. The summed E-state index contributed by atoms with van der Waals surface area (Å²) in [5.74, 6) is -0.888. The lowest BCUT2D eigenvalue weighted by Gasteiger charge is -2.19. The Bertz CT molecular complexity index is 2050. The van der Waals surface area contributed by atoms with Gasteiger partial charge in [-0.25, -0.2) is 28.2 Å². The number of ether oxygens (including phenoxy) is 1. The summed E-state index contributed by atoms with van der Waals surface area (Å²) in [6.07, 6.45) is 5.41. The molecule has 0 radical (unpaired) electrons. The van der Waals surface area contributed by atoms with Gasteiger partial charge in [-0.2, -0.15) is 0 Å². The molecule has 0 bridgehead atoms. The van der Waals surface area contributed by atoms with Crippen LogP contribution in [0.2, 0.25) is 0 Å². The zero-order chi connectivity index (χ0) is 31.1. The lowest BCUT2D eigenvalue weighted by molar-refractivity contribution is 0.0697. The minimum absolute atomic E-state index is 0.0169. The number of rotatable bonds is 10. The number of hydrogen-bond acceptors (Lipinski definition) is 6. The normalized spacial score (nSPS) is 13.7. The van der Waals surface area contributed by atoms with Gasteiger partial charge < -0.3 is 14.4 Å². The predicted octanol–water partition coefficient (Wildman–Crippen LogP) is 6.33. The SMILES string of the molecule is Cc1ccc(COc2cccc(-c3ccc(Cc4nc5ccc(C(=O)O)cc5n4CC4(n5ccnn5)CC4)c(F)c3)n2)c(F)c1. The monoisotopic (exact) mass is 606 g/mol. The van der Waals surface area contributed by atoms with E-state index in [1.54, 1.807) is 54.7 Å². The van der Waals surface area contributed by atoms with Gasteiger partial charge in [0.2, 0.25) is 5.88 Å². The molecule has 3 aromatic heterocycles. The zero-order valence-electron chi connectivity index (χ0n) is 24.3. The summed E-state index contributed by atoms with van der Waals surface area (Å²) in [7, 11) is 0. The molecule has 1 saturated carbocycles. The van der Waals surface area contributed by atoms with Crippen LogP contribution in [0.4, 0.5) is 8.78 Å². The highest BCUT2D eigenvalue weighted by Crippen LogP contribution is 2.45. The van der Waals surface area contributed by atoms with Crippen LogP contribution in [0, 0.1) is 18.6 Å². The minimum atomic E-state index is -1.03. The van der Waals surface area contributed by atoms with Crippen molar-refractivity contribution in [2.45, 2.75) is 44.9 Å². The molecule has 0 unspecified atom stereocenters. The molecule has 1 aliphatic rings. The molecule has 6 aromatic rings. The van der Waals surface area contributed by atoms with Crippen LogP contribution < -0.4 is 4.74 Å². The molecule has 226 valence electrons. The van der Waals surface area contributed by atoms with Crippen molar-refractivity contribution in [3.8, 4) is 17.1 Å². The largest absolute Gasteiger partial charge is 0.478 e. The van der Waals surface area contributed by atoms with E-state index in [2.05, 4.69) is 15.3 Å². The lowest BCUT2D eigenvalue weighted by Crippen LogP contribution is -2.25. The maximum absolute atomic E-state index is 15.7. The van der Waals surface area contributed by atoms with Gasteiger partial charge in [0.25, 0.3) is 0 Å². The van der Waals surface area contributed by atoms with Gasteiger partial charge in [0.1, 0.15) is 24.1 Å². The Morgan fingerprint density at radius 1 is 0.978 bits per heavy atom. The molecule has 3 aromatic carbocycles. The van der Waals surface area contributed by atoms with Crippen LogP contribution in [0.5, 0.6) is 5.88 Å². The number of carbonyl (C=O) groups is 1. The molecule has 0 spiro atoms. The van der Waals surface area contributed by atoms with Crippen molar-refractivity contribution in [1.29, 1.82) is 0 Å². The highest BCUT2D eigenvalue weighted by atomic mass is 19.1. The third kappa shape index (κ3) is 5.64. The second-order valence-corrected chi connectivity index (χ2v) is 11.4. The van der Waals surface area contributed by atoms with Gasteiger partial charge in [-0.3, -0.25) is 0 Å². The van der Waals surface area contributed by atoms with Crippen molar-refractivity contribution in [2.24, 2.45) is 0 Å². The van der Waals surface area contributed by atoms with Crippen LogP contribution in [0.25, 0.3) is 22.3 Å². The number of fused-ring (bicyclic) bond motifs is 1. The average molecular weight is 607 g/mol. The second-order valence-electron chi connectivity index (χ2n) is 11.4. The Kier molecular flexibility index (Phi) is 7.07. The van der Waals surface area contributed by atoms with E-state index in [1.807, 2.05) is 28.4 Å². The summed E-state index contributed by atoms with van der Waals surface area (Å²) in [5, 5.41) is 17.8. The molecule has 3 heterocycles. The molecule has 9 nitrogen and oxygen atoms in total. The maximum Gasteiger partial charge on any atom is 0.335 e. The summed E-state index contributed by atoms with van der Waals surface area (Å²) in [6.45, 7) is 2.33. The molecule has 0 aliphatic heterocycles. The molecule has 11 heteroatoms. The number of halogens is 2. The fourth-order valence-electron chi connectivity index (χ4n) is 5.57. The van der Waals surface area contributed by atoms with E-state index in [0.717, 1.165) is 18.4 Å². The number of pyridine rings is 1. The third-order valence-electron chi connectivity index (χ3n) is 8.27. The number of aromatic carboxylic acids is 1. The quantitative estimate of drug-likeness (QED) is 0.194. The summed E-state index contributed by atoms with van der Waals surface area (Å²) in [4.78, 5) is 21.1. The van der Waals surface area contributed by atoms with E-state index < -0.39 is 11.8 Å². The van der Waals surface area contributed by atoms with Crippen LogP contribution in [0.15, 0.2) is 85.2 Å². The number of imidazole rings is 1. The molecule has 45 heavy (non-hydrogen) atoms. The van der Waals surface area contributed by atoms with Crippen molar-refractivity contribution in [1.82, 2.24) is 29.5 Å². The van der Waals surface area contributed by atoms with Crippen molar-refractivity contribution >= 4 is 17.0 Å². The van der Waals surface area contributed by atoms with Crippen molar-refractivity contribution in [3.63, 3.8) is 0 Å². The Labute approximate surface area is 256 Å². The summed E-state index contributed by atoms with van der Waals surface area (Å²) >= 11 is 0. The zero-order valence-corrected chi connectivity index (χ0v) is 24.3. The lowest BCUT2D eigenvalue weighted by atomic mass is 10.1. The van der Waals surface area contributed by atoms with Gasteiger partial charge >= 0.3 is 5.97 Å². The van der Waals surface area contributed by atoms with E-state index in [-0.39, 0.29) is 29.9 Å². The number of aryl methyl sites for hydroxylation is 1. The number of benzene rings is 3. The highest BCUT2D eigenvalue weighted by Gasteiger charge is 2.46. The first-order valence-corrected chi connectivity index (χ1v) is 14.5. The van der Waals surface area contributed by atoms with E-state index in [4.69, 9.17) is 9.72 Å². The van der Waals surface area contributed by atoms with Crippen LogP contribution in [0.3, 0.4) is 0 Å². The second kappa shape index (κ2) is 11.2. The standard InChI is InChI=1S/C34H28F2N6O3/c1-21-5-6-25(26(35)15-21)19-45-32-4-2-3-28(39-32)23-8-7-22(27(36)16-23)18-31-38-29-10-9-24(33(43)44)17-30(29)41(31)20-34(11-12-34)42-14-13-37-40-42/h2-10,13-17H,11-12,18-20H2,1H3,(H,43,44). The van der Waals surface area contributed by atoms with Crippen molar-refractivity contribution < 1.29 is 23.4 Å². The number of carboxylic acid groups (broad SMARTS) is 1. The van der Waals surface area contributed by atoms with Crippen LogP contribution >= 0.6 is 0 Å². The van der Waals surface area contributed by atoms with E-state index >= 15 is 4.39 Å². The number of hydrogen-bond donors (Lipinski definition) is 1.